The van der Waals surface area contributed by atoms with Gasteiger partial charge in [-0.05, 0) is 29.7 Å². The van der Waals surface area contributed by atoms with Crippen LogP contribution in [0.4, 0.5) is 0 Å². The molecule has 0 radical (unpaired) electrons. The number of hydrogen-bond acceptors (Lipinski definition) is 6. The zero-order valence-electron chi connectivity index (χ0n) is 15.0. The van der Waals surface area contributed by atoms with Crippen molar-refractivity contribution in [1.29, 1.82) is 0 Å². The molecule has 0 N–H and O–H groups in total. The van der Waals surface area contributed by atoms with Crippen molar-refractivity contribution in [3.05, 3.63) is 58.1 Å². The highest BCUT2D eigenvalue weighted by Crippen LogP contribution is 2.25. The van der Waals surface area contributed by atoms with Crippen molar-refractivity contribution in [3.8, 4) is 0 Å². The van der Waals surface area contributed by atoms with Gasteiger partial charge in [0.1, 0.15) is 16.6 Å². The van der Waals surface area contributed by atoms with Crippen LogP contribution >= 0.6 is 23.1 Å². The number of halogens is 1. The average molecular weight is 416 g/mol. The molecular formula is C20H18ClN3O3S. The van der Waals surface area contributed by atoms with E-state index in [2.05, 4.69) is 9.59 Å². The Kier molecular flexibility index (Phi) is 5.54. The van der Waals surface area contributed by atoms with Crippen molar-refractivity contribution in [2.45, 2.75) is 19.4 Å². The van der Waals surface area contributed by atoms with E-state index in [-0.39, 0.29) is 24.4 Å². The van der Waals surface area contributed by atoms with Gasteiger partial charge in [-0.3, -0.25) is 9.59 Å². The Hall–Kier alpha value is -2.51. The molecule has 0 spiro atoms. The lowest BCUT2D eigenvalue weighted by Gasteiger charge is -2.31. The molecule has 1 fully saturated rings. The molecule has 0 unspecified atom stereocenters. The number of amides is 1. The normalized spacial score (nSPS) is 15.0. The Morgan fingerprint density at radius 2 is 1.89 bits per heavy atom. The zero-order chi connectivity index (χ0) is 19.5. The molecule has 1 aliphatic heterocycles. The van der Waals surface area contributed by atoms with Gasteiger partial charge in [0.2, 0.25) is 0 Å². The Bertz CT molecular complexity index is 1010. The first-order valence-corrected chi connectivity index (χ1v) is 10.2. The lowest BCUT2D eigenvalue weighted by Crippen LogP contribution is -2.40. The maximum absolute atomic E-state index is 13.0. The summed E-state index contributed by atoms with van der Waals surface area (Å²) in [6.07, 6.45) is 1.16. The van der Waals surface area contributed by atoms with Crippen molar-refractivity contribution in [3.63, 3.8) is 0 Å². The summed E-state index contributed by atoms with van der Waals surface area (Å²) in [5, 5.41) is 5.83. The van der Waals surface area contributed by atoms with Crippen LogP contribution in [0.3, 0.4) is 0 Å². The summed E-state index contributed by atoms with van der Waals surface area (Å²) < 4.78 is 9.47. The van der Waals surface area contributed by atoms with Gasteiger partial charge in [0.05, 0.1) is 5.92 Å². The maximum atomic E-state index is 13.0. The molecule has 0 atom stereocenters. The number of esters is 1. The van der Waals surface area contributed by atoms with Crippen LogP contribution < -0.4 is 0 Å². The molecule has 8 heteroatoms. The van der Waals surface area contributed by atoms with E-state index in [9.17, 15) is 9.59 Å². The summed E-state index contributed by atoms with van der Waals surface area (Å²) in [7, 11) is 0. The Labute approximate surface area is 171 Å². The highest BCUT2D eigenvalue weighted by atomic mass is 35.5. The molecule has 0 saturated carbocycles. The van der Waals surface area contributed by atoms with Crippen LogP contribution in [0.5, 0.6) is 0 Å². The molecule has 3 aromatic rings. The van der Waals surface area contributed by atoms with Crippen molar-refractivity contribution in [2.75, 3.05) is 13.1 Å². The predicted molar refractivity (Wildman–Crippen MR) is 107 cm³/mol. The second-order valence-corrected chi connectivity index (χ2v) is 8.05. The number of likely N-dealkylation sites (tertiary alicyclic amines) is 1. The van der Waals surface area contributed by atoms with Crippen LogP contribution in [0.1, 0.15) is 28.9 Å². The summed E-state index contributed by atoms with van der Waals surface area (Å²) in [4.78, 5) is 27.1. The first-order valence-electron chi connectivity index (χ1n) is 9.04. The Morgan fingerprint density at radius 1 is 1.14 bits per heavy atom. The number of aromatic nitrogens is 2. The molecule has 1 saturated heterocycles. The molecule has 1 aliphatic rings. The fraction of sp³-hybridized carbons (Fsp3) is 0.300. The molecular weight excluding hydrogens is 398 g/mol. The van der Waals surface area contributed by atoms with E-state index in [1.54, 1.807) is 0 Å². The highest BCUT2D eigenvalue weighted by molar-refractivity contribution is 7.10. The lowest BCUT2D eigenvalue weighted by atomic mass is 9.95. The van der Waals surface area contributed by atoms with Crippen LogP contribution in [0.25, 0.3) is 10.8 Å². The van der Waals surface area contributed by atoms with Gasteiger partial charge in [-0.1, -0.05) is 52.5 Å². The number of carbonyl (C=O) groups excluding carboxylic acids is 2. The lowest BCUT2D eigenvalue weighted by molar-refractivity contribution is -0.151. The largest absolute Gasteiger partial charge is 0.459 e. The maximum Gasteiger partial charge on any atom is 0.309 e. The van der Waals surface area contributed by atoms with Crippen LogP contribution in [-0.2, 0) is 16.1 Å². The minimum Gasteiger partial charge on any atom is -0.459 e. The number of fused-ring (bicyclic) bond motifs is 1. The van der Waals surface area contributed by atoms with E-state index in [4.69, 9.17) is 16.3 Å². The second-order valence-electron chi connectivity index (χ2n) is 6.69. The smallest absolute Gasteiger partial charge is 0.309 e. The van der Waals surface area contributed by atoms with Gasteiger partial charge in [-0.25, -0.2) is 0 Å². The molecule has 1 aromatic heterocycles. The van der Waals surface area contributed by atoms with Gasteiger partial charge in [-0.15, -0.1) is 5.10 Å². The average Bonchev–Trinajstić information content (AvgIpc) is 3.16. The van der Waals surface area contributed by atoms with Gasteiger partial charge >= 0.3 is 5.97 Å². The molecule has 2 heterocycles. The third kappa shape index (κ3) is 3.86. The molecule has 0 bridgehead atoms. The van der Waals surface area contributed by atoms with Crippen molar-refractivity contribution in [1.82, 2.24) is 14.5 Å². The summed E-state index contributed by atoms with van der Waals surface area (Å²) in [5.41, 5.74) is 1.17. The first-order chi connectivity index (χ1) is 13.6. The van der Waals surface area contributed by atoms with E-state index >= 15 is 0 Å². The van der Waals surface area contributed by atoms with Crippen molar-refractivity contribution >= 4 is 45.8 Å². The SMILES string of the molecule is O=C(OCc1nnsc1Cl)C1CCN(C(=O)c2cccc3ccccc23)CC1. The molecule has 144 valence electrons. The molecule has 6 nitrogen and oxygen atoms in total. The van der Waals surface area contributed by atoms with Gasteiger partial charge in [0.15, 0.2) is 0 Å². The topological polar surface area (TPSA) is 72.4 Å². The molecule has 2 aromatic carbocycles. The monoisotopic (exact) mass is 415 g/mol. The fourth-order valence-electron chi connectivity index (χ4n) is 3.44. The number of piperidine rings is 1. The van der Waals surface area contributed by atoms with E-state index in [1.165, 1.54) is 0 Å². The minimum atomic E-state index is -0.277. The van der Waals surface area contributed by atoms with Gasteiger partial charge in [0, 0.05) is 30.2 Å². The van der Waals surface area contributed by atoms with Crippen LogP contribution in [-0.4, -0.2) is 39.5 Å². The highest BCUT2D eigenvalue weighted by Gasteiger charge is 2.29. The van der Waals surface area contributed by atoms with Gasteiger partial charge in [-0.2, -0.15) is 0 Å². The van der Waals surface area contributed by atoms with E-state index in [1.807, 2.05) is 47.4 Å². The van der Waals surface area contributed by atoms with E-state index in [0.29, 0.717) is 41.5 Å². The fourth-order valence-corrected chi connectivity index (χ4v) is 4.04. The molecule has 0 aliphatic carbocycles. The number of carbonyl (C=O) groups is 2. The number of nitrogens with zero attached hydrogens (tertiary/aromatic N) is 3. The molecule has 28 heavy (non-hydrogen) atoms. The van der Waals surface area contributed by atoms with E-state index in [0.717, 1.165) is 22.3 Å². The molecule has 1 amide bonds. The second kappa shape index (κ2) is 8.24. The number of benzene rings is 2. The Balaban J connectivity index is 1.36. The number of ether oxygens (including phenoxy) is 1. The third-order valence-electron chi connectivity index (χ3n) is 5.00. The van der Waals surface area contributed by atoms with Crippen LogP contribution in [0, 0.1) is 5.92 Å². The minimum absolute atomic E-state index is 0.00365. The zero-order valence-corrected chi connectivity index (χ0v) is 16.6. The number of rotatable bonds is 4. The third-order valence-corrected chi connectivity index (χ3v) is 5.98. The van der Waals surface area contributed by atoms with E-state index < -0.39 is 0 Å². The first kappa shape index (κ1) is 18.8. The molecule has 4 rings (SSSR count). The summed E-state index contributed by atoms with van der Waals surface area (Å²) >= 11 is 6.98. The van der Waals surface area contributed by atoms with Crippen LogP contribution in [0.15, 0.2) is 42.5 Å². The van der Waals surface area contributed by atoms with Gasteiger partial charge in [0.25, 0.3) is 5.91 Å². The Morgan fingerprint density at radius 3 is 2.64 bits per heavy atom. The summed E-state index contributed by atoms with van der Waals surface area (Å²) in [5.74, 6) is -0.493. The van der Waals surface area contributed by atoms with Crippen molar-refractivity contribution < 1.29 is 14.3 Å². The quantitative estimate of drug-likeness (QED) is 0.603. The summed E-state index contributed by atoms with van der Waals surface area (Å²) in [6.45, 7) is 1.09. The summed E-state index contributed by atoms with van der Waals surface area (Å²) in [6, 6.07) is 13.6. The van der Waals surface area contributed by atoms with Crippen LogP contribution in [0.2, 0.25) is 4.34 Å². The number of hydrogen-bond donors (Lipinski definition) is 0. The predicted octanol–water partition coefficient (Wildman–Crippen LogP) is 3.94. The standard InChI is InChI=1S/C20H18ClN3O3S/c21-18-17(22-23-28-18)12-27-20(26)14-8-10-24(11-9-14)19(25)16-7-3-5-13-4-1-2-6-15(13)16/h1-7,14H,8-12H2. The van der Waals surface area contributed by atoms with Gasteiger partial charge < -0.3 is 9.64 Å². The van der Waals surface area contributed by atoms with Crippen molar-refractivity contribution in [2.24, 2.45) is 5.92 Å².